The first-order chi connectivity index (χ1) is 14.1. The molecule has 0 radical (unpaired) electrons. The van der Waals surface area contributed by atoms with E-state index >= 15 is 0 Å². The lowest BCUT2D eigenvalue weighted by atomic mass is 10.1. The summed E-state index contributed by atoms with van der Waals surface area (Å²) in [4.78, 5) is 32.3. The summed E-state index contributed by atoms with van der Waals surface area (Å²) >= 11 is 1.61. The molecule has 1 fully saturated rings. The van der Waals surface area contributed by atoms with Crippen molar-refractivity contribution in [2.45, 2.75) is 0 Å². The molecule has 0 aliphatic carbocycles. The topological polar surface area (TPSA) is 88.8 Å². The Kier molecular flexibility index (Phi) is 5.44. The van der Waals surface area contributed by atoms with Gasteiger partial charge in [-0.25, -0.2) is 4.98 Å². The van der Waals surface area contributed by atoms with Crippen molar-refractivity contribution in [3.8, 4) is 11.5 Å². The van der Waals surface area contributed by atoms with E-state index < -0.39 is 5.91 Å². The highest BCUT2D eigenvalue weighted by Gasteiger charge is 2.23. The number of benzene rings is 2. The van der Waals surface area contributed by atoms with E-state index in [0.29, 0.717) is 35.7 Å². The van der Waals surface area contributed by atoms with E-state index in [0.717, 1.165) is 18.2 Å². The molecule has 148 valence electrons. The Balaban J connectivity index is 1.35. The predicted molar refractivity (Wildman–Crippen MR) is 112 cm³/mol. The van der Waals surface area contributed by atoms with Gasteiger partial charge in [0.25, 0.3) is 5.91 Å². The number of anilines is 1. The lowest BCUT2D eigenvalue weighted by molar-refractivity contribution is 0.0746. The number of carbonyl (C=O) groups excluding carboxylic acids is 2. The van der Waals surface area contributed by atoms with Gasteiger partial charge in [0.1, 0.15) is 11.5 Å². The van der Waals surface area contributed by atoms with E-state index in [-0.39, 0.29) is 5.91 Å². The van der Waals surface area contributed by atoms with Crippen LogP contribution in [0.5, 0.6) is 11.5 Å². The van der Waals surface area contributed by atoms with Gasteiger partial charge in [0, 0.05) is 48.9 Å². The maximum Gasteiger partial charge on any atom is 0.253 e. The molecule has 0 atom stereocenters. The van der Waals surface area contributed by atoms with Crippen molar-refractivity contribution in [1.29, 1.82) is 0 Å². The van der Waals surface area contributed by atoms with Crippen LogP contribution in [0.2, 0.25) is 0 Å². The van der Waals surface area contributed by atoms with E-state index in [1.54, 1.807) is 66.1 Å². The fraction of sp³-hybridized carbons (Fsp3) is 0.190. The molecule has 2 N–H and O–H groups in total. The third-order valence-electron chi connectivity index (χ3n) is 4.73. The summed E-state index contributed by atoms with van der Waals surface area (Å²) in [5, 5.41) is 2.96. The van der Waals surface area contributed by atoms with E-state index in [4.69, 9.17) is 10.5 Å². The first-order valence-electron chi connectivity index (χ1n) is 9.21. The Morgan fingerprint density at radius 1 is 0.897 bits per heavy atom. The van der Waals surface area contributed by atoms with Gasteiger partial charge in [-0.15, -0.1) is 11.3 Å². The van der Waals surface area contributed by atoms with Gasteiger partial charge in [0.15, 0.2) is 5.13 Å². The van der Waals surface area contributed by atoms with E-state index in [9.17, 15) is 9.59 Å². The van der Waals surface area contributed by atoms with E-state index in [1.807, 2.05) is 10.3 Å². The maximum atomic E-state index is 12.8. The third kappa shape index (κ3) is 4.38. The van der Waals surface area contributed by atoms with Crippen LogP contribution in [0.4, 0.5) is 5.13 Å². The van der Waals surface area contributed by atoms with Crippen molar-refractivity contribution in [1.82, 2.24) is 9.88 Å². The maximum absolute atomic E-state index is 12.8. The van der Waals surface area contributed by atoms with Crippen LogP contribution in [0.25, 0.3) is 0 Å². The van der Waals surface area contributed by atoms with Crippen LogP contribution in [0, 0.1) is 0 Å². The summed E-state index contributed by atoms with van der Waals surface area (Å²) in [6.07, 6.45) is 1.80. The Labute approximate surface area is 172 Å². The number of nitrogens with two attached hydrogens (primary N) is 1. The molecule has 1 aliphatic rings. The van der Waals surface area contributed by atoms with Crippen LogP contribution < -0.4 is 15.4 Å². The summed E-state index contributed by atoms with van der Waals surface area (Å²) in [6.45, 7) is 2.90. The molecule has 0 unspecified atom stereocenters. The van der Waals surface area contributed by atoms with Crippen LogP contribution in [0.3, 0.4) is 0 Å². The minimum Gasteiger partial charge on any atom is -0.457 e. The fourth-order valence-corrected chi connectivity index (χ4v) is 3.84. The second kappa shape index (κ2) is 8.32. The van der Waals surface area contributed by atoms with Gasteiger partial charge < -0.3 is 20.3 Å². The second-order valence-corrected chi connectivity index (χ2v) is 7.48. The molecule has 2 aromatic carbocycles. The van der Waals surface area contributed by atoms with Crippen molar-refractivity contribution in [3.05, 3.63) is 71.2 Å². The summed E-state index contributed by atoms with van der Waals surface area (Å²) in [5.41, 5.74) is 6.29. The smallest absolute Gasteiger partial charge is 0.253 e. The number of nitrogens with zero attached hydrogens (tertiary/aromatic N) is 3. The standard InChI is InChI=1S/C21H20N4O3S/c22-19(26)15-1-5-17(6-2-15)28-18-7-3-16(4-8-18)20(27)24-10-12-25(13-11-24)21-23-9-14-29-21/h1-9,14H,10-13H2,(H2,22,26). The van der Waals surface area contributed by atoms with Gasteiger partial charge in [-0.1, -0.05) is 0 Å². The zero-order valence-corrected chi connectivity index (χ0v) is 16.5. The summed E-state index contributed by atoms with van der Waals surface area (Å²) in [6, 6.07) is 13.7. The molecule has 0 spiro atoms. The van der Waals surface area contributed by atoms with Crippen LogP contribution in [-0.2, 0) is 0 Å². The highest BCUT2D eigenvalue weighted by atomic mass is 32.1. The fourth-order valence-electron chi connectivity index (χ4n) is 3.14. The molecule has 1 aromatic heterocycles. The van der Waals surface area contributed by atoms with Gasteiger partial charge >= 0.3 is 0 Å². The van der Waals surface area contributed by atoms with Gasteiger partial charge in [-0.05, 0) is 48.5 Å². The SMILES string of the molecule is NC(=O)c1ccc(Oc2ccc(C(=O)N3CCN(c4nccs4)CC3)cc2)cc1. The summed E-state index contributed by atoms with van der Waals surface area (Å²) in [7, 11) is 0. The first kappa shape index (κ1) is 18.9. The molecule has 3 aromatic rings. The molecule has 1 saturated heterocycles. The number of piperazine rings is 1. The Morgan fingerprint density at radius 3 is 2.00 bits per heavy atom. The zero-order valence-electron chi connectivity index (χ0n) is 15.7. The molecule has 2 amide bonds. The number of aromatic nitrogens is 1. The average molecular weight is 408 g/mol. The normalized spacial score (nSPS) is 13.9. The van der Waals surface area contributed by atoms with Crippen LogP contribution in [0.15, 0.2) is 60.1 Å². The first-order valence-corrected chi connectivity index (χ1v) is 10.1. The van der Waals surface area contributed by atoms with Crippen LogP contribution >= 0.6 is 11.3 Å². The molecular weight excluding hydrogens is 388 g/mol. The van der Waals surface area contributed by atoms with Crippen LogP contribution in [0.1, 0.15) is 20.7 Å². The Morgan fingerprint density at radius 2 is 1.48 bits per heavy atom. The van der Waals surface area contributed by atoms with Gasteiger partial charge in [-0.3, -0.25) is 9.59 Å². The highest BCUT2D eigenvalue weighted by Crippen LogP contribution is 2.23. The summed E-state index contributed by atoms with van der Waals surface area (Å²) in [5.74, 6) is 0.738. The number of hydrogen-bond donors (Lipinski definition) is 1. The molecule has 4 rings (SSSR count). The van der Waals surface area contributed by atoms with Gasteiger partial charge in [-0.2, -0.15) is 0 Å². The summed E-state index contributed by atoms with van der Waals surface area (Å²) < 4.78 is 5.76. The molecule has 0 saturated carbocycles. The van der Waals surface area contributed by atoms with Gasteiger partial charge in [0.2, 0.25) is 5.91 Å². The van der Waals surface area contributed by atoms with Crippen molar-refractivity contribution < 1.29 is 14.3 Å². The number of rotatable bonds is 5. The monoisotopic (exact) mass is 408 g/mol. The largest absolute Gasteiger partial charge is 0.457 e. The number of carbonyl (C=O) groups is 2. The highest BCUT2D eigenvalue weighted by molar-refractivity contribution is 7.13. The predicted octanol–water partition coefficient (Wildman–Crippen LogP) is 3.00. The Hall–Kier alpha value is -3.39. The van der Waals surface area contributed by atoms with Crippen molar-refractivity contribution >= 4 is 28.3 Å². The zero-order chi connectivity index (χ0) is 20.2. The number of amides is 2. The number of thiazole rings is 1. The third-order valence-corrected chi connectivity index (χ3v) is 5.56. The molecule has 8 heteroatoms. The van der Waals surface area contributed by atoms with Crippen molar-refractivity contribution in [3.63, 3.8) is 0 Å². The van der Waals surface area contributed by atoms with Crippen molar-refractivity contribution in [2.75, 3.05) is 31.1 Å². The molecule has 1 aliphatic heterocycles. The molecule has 2 heterocycles. The number of primary amides is 1. The van der Waals surface area contributed by atoms with E-state index in [2.05, 4.69) is 9.88 Å². The lowest BCUT2D eigenvalue weighted by Crippen LogP contribution is -2.48. The van der Waals surface area contributed by atoms with Gasteiger partial charge in [0.05, 0.1) is 0 Å². The number of ether oxygens (including phenoxy) is 1. The number of hydrogen-bond acceptors (Lipinski definition) is 6. The molecular formula is C21H20N4O3S. The quantitative estimate of drug-likeness (QED) is 0.701. The minimum absolute atomic E-state index is 0.0150. The minimum atomic E-state index is -0.480. The second-order valence-electron chi connectivity index (χ2n) is 6.61. The molecule has 29 heavy (non-hydrogen) atoms. The Bertz CT molecular complexity index is 980. The van der Waals surface area contributed by atoms with Crippen molar-refractivity contribution in [2.24, 2.45) is 5.73 Å². The van der Waals surface area contributed by atoms with Crippen LogP contribution in [-0.4, -0.2) is 47.9 Å². The van der Waals surface area contributed by atoms with E-state index in [1.165, 1.54) is 0 Å². The molecule has 7 nitrogen and oxygen atoms in total. The average Bonchev–Trinajstić information content (AvgIpc) is 3.29. The molecule has 0 bridgehead atoms. The lowest BCUT2D eigenvalue weighted by Gasteiger charge is -2.34.